The molecule has 0 radical (unpaired) electrons. The molecule has 0 bridgehead atoms. The van der Waals surface area contributed by atoms with Crippen LogP contribution in [0.3, 0.4) is 0 Å². The van der Waals surface area contributed by atoms with Crippen LogP contribution >= 0.6 is 33.2 Å². The van der Waals surface area contributed by atoms with Crippen LogP contribution in [0.25, 0.3) is 0 Å². The molecular formula is C54H68ClN11O10S2. The molecule has 0 saturated carbocycles. The molecule has 5 rings (SSSR count). The van der Waals surface area contributed by atoms with Crippen LogP contribution in [0.5, 0.6) is 0 Å². The first kappa shape index (κ1) is 61.8. The van der Waals surface area contributed by atoms with Gasteiger partial charge in [0.1, 0.15) is 42.3 Å². The number of rotatable bonds is 20. The summed E-state index contributed by atoms with van der Waals surface area (Å²) in [6.45, 7) is 1.59. The van der Waals surface area contributed by atoms with E-state index in [-0.39, 0.29) is 49.2 Å². The third kappa shape index (κ3) is 20.1. The van der Waals surface area contributed by atoms with Crippen molar-refractivity contribution >= 4 is 86.4 Å². The zero-order valence-electron chi connectivity index (χ0n) is 43.0. The Bertz CT molecular complexity index is 2680. The fourth-order valence-corrected chi connectivity index (χ4v) is 10.6. The van der Waals surface area contributed by atoms with Gasteiger partial charge in [-0.25, -0.2) is 0 Å². The number of hydrogen-bond acceptors (Lipinski definition) is 14. The molecule has 4 aromatic rings. The molecule has 1 heterocycles. The minimum absolute atomic E-state index is 0.00240. The first-order valence-electron chi connectivity index (χ1n) is 25.3. The van der Waals surface area contributed by atoms with Gasteiger partial charge in [0, 0.05) is 41.4 Å². The van der Waals surface area contributed by atoms with Crippen LogP contribution in [0.2, 0.25) is 5.02 Å². The Labute approximate surface area is 465 Å². The molecule has 0 aromatic heterocycles. The van der Waals surface area contributed by atoms with E-state index in [0.29, 0.717) is 53.1 Å². The van der Waals surface area contributed by atoms with Gasteiger partial charge in [-0.1, -0.05) is 131 Å². The van der Waals surface area contributed by atoms with Crippen LogP contribution in [0.15, 0.2) is 109 Å². The molecule has 78 heavy (non-hydrogen) atoms. The number of carbonyl (C=O) groups is 9. The van der Waals surface area contributed by atoms with Crippen molar-refractivity contribution in [2.45, 2.75) is 113 Å². The number of primary amides is 2. The summed E-state index contributed by atoms with van der Waals surface area (Å²) in [6, 6.07) is 18.8. The fourth-order valence-electron chi connectivity index (χ4n) is 8.17. The number of halogens is 1. The molecule has 24 heteroatoms. The number of amides is 9. The molecule has 1 aliphatic rings. The van der Waals surface area contributed by atoms with E-state index in [9.17, 15) is 48.3 Å². The van der Waals surface area contributed by atoms with Gasteiger partial charge in [-0.15, -0.1) is 0 Å². The summed E-state index contributed by atoms with van der Waals surface area (Å²) in [5.41, 5.74) is 26.0. The van der Waals surface area contributed by atoms with Gasteiger partial charge in [-0.05, 0) is 79.3 Å². The molecule has 9 atom stereocenters. The number of nitrogens with one attached hydrogen (secondary N) is 7. The fraction of sp³-hybridized carbons (Fsp3) is 0.389. The molecule has 1 aliphatic heterocycles. The van der Waals surface area contributed by atoms with Crippen molar-refractivity contribution in [1.82, 2.24) is 37.2 Å². The van der Waals surface area contributed by atoms with Crippen molar-refractivity contribution in [1.29, 1.82) is 0 Å². The average Bonchev–Trinajstić information content (AvgIpc) is 3.41. The Morgan fingerprint density at radius 1 is 0.641 bits per heavy atom. The first-order chi connectivity index (χ1) is 37.3. The molecule has 0 aliphatic carbocycles. The van der Waals surface area contributed by atoms with Gasteiger partial charge in [-0.2, -0.15) is 0 Å². The van der Waals surface area contributed by atoms with E-state index in [0.717, 1.165) is 21.6 Å². The van der Waals surface area contributed by atoms with Crippen LogP contribution in [-0.4, -0.2) is 131 Å². The third-order valence-electron chi connectivity index (χ3n) is 12.6. The lowest BCUT2D eigenvalue weighted by atomic mass is 10.00. The minimum atomic E-state index is -1.71. The van der Waals surface area contributed by atoms with Gasteiger partial charge in [-0.3, -0.25) is 43.2 Å². The zero-order valence-corrected chi connectivity index (χ0v) is 45.4. The Balaban J connectivity index is 1.57. The van der Waals surface area contributed by atoms with Crippen molar-refractivity contribution in [3.8, 4) is 0 Å². The molecule has 0 spiro atoms. The Morgan fingerprint density at radius 2 is 1.17 bits per heavy atom. The molecule has 1 fully saturated rings. The summed E-state index contributed by atoms with van der Waals surface area (Å²) in [7, 11) is 2.00. The number of hydrogen-bond donors (Lipinski definition) is 12. The maximum Gasteiger partial charge on any atom is 0.248 e. The maximum absolute atomic E-state index is 14.7. The van der Waals surface area contributed by atoms with Crippen LogP contribution in [0.4, 0.5) is 0 Å². The number of benzene rings is 4. The van der Waals surface area contributed by atoms with Gasteiger partial charge in [0.15, 0.2) is 0 Å². The van der Waals surface area contributed by atoms with E-state index in [1.165, 1.54) is 31.2 Å². The first-order valence-corrected chi connectivity index (χ1v) is 28.2. The molecular weight excluding hydrogens is 1060 g/mol. The molecule has 21 nitrogen and oxygen atoms in total. The van der Waals surface area contributed by atoms with E-state index in [1.807, 2.05) is 0 Å². The summed E-state index contributed by atoms with van der Waals surface area (Å²) < 4.78 is 0. The van der Waals surface area contributed by atoms with Crippen molar-refractivity contribution < 1.29 is 48.3 Å². The quantitative estimate of drug-likeness (QED) is 0.0416. The summed E-state index contributed by atoms with van der Waals surface area (Å²) in [5, 5.41) is 30.2. The van der Waals surface area contributed by atoms with Gasteiger partial charge >= 0.3 is 0 Å². The van der Waals surface area contributed by atoms with Gasteiger partial charge in [0.25, 0.3) is 0 Å². The van der Waals surface area contributed by atoms with E-state index >= 15 is 0 Å². The lowest BCUT2D eigenvalue weighted by molar-refractivity contribution is -0.136. The van der Waals surface area contributed by atoms with Crippen molar-refractivity contribution in [3.05, 3.63) is 142 Å². The third-order valence-corrected chi connectivity index (χ3v) is 15.3. The van der Waals surface area contributed by atoms with Gasteiger partial charge < -0.3 is 65.3 Å². The second kappa shape index (κ2) is 31.4. The highest BCUT2D eigenvalue weighted by atomic mass is 35.5. The van der Waals surface area contributed by atoms with Gasteiger partial charge in [0.05, 0.1) is 12.1 Å². The van der Waals surface area contributed by atoms with Gasteiger partial charge in [0.2, 0.25) is 53.2 Å². The summed E-state index contributed by atoms with van der Waals surface area (Å²) in [5.74, 6) is -8.03. The molecule has 4 aromatic carbocycles. The van der Waals surface area contributed by atoms with Crippen LogP contribution < -0.4 is 60.2 Å². The van der Waals surface area contributed by atoms with Crippen molar-refractivity contribution in [2.24, 2.45) is 22.9 Å². The predicted molar refractivity (Wildman–Crippen MR) is 299 cm³/mol. The summed E-state index contributed by atoms with van der Waals surface area (Å²) in [4.78, 5) is 125. The molecule has 1 saturated heterocycles. The number of nitrogens with two attached hydrogens (primary N) is 4. The Hall–Kier alpha value is -7.02. The standard InChI is InChI=1S/C54H68ClN11O10S2/c1-31(67)45-54(76)65-44(52(74)61-40(47(59)69)26-32-11-5-2-6-12-32)30-78-77-29-43(64-48(70)38(57)25-34-18-22-37(55)23-19-34)53(75)63-41(27-33-13-7-3-8-14-33)51(73)62-42(28-35-16-20-36(21-17-35)46(58)68)50(72)60-39(49(71)66-45)15-9-4-10-24-56/h2-3,5-8,11-14,16-23,31,38-45,67H,4,9-10,15,24-30,56-57H2,1H3,(H2,58,68)(H2,59,69)(H,60,72)(H,61,74)(H,62,73)(H,63,75)(H,64,70)(H,65,76)(H,66,71)/t31-,38+,39+,40?,41+,42-,43-,44+,45+/m1/s1. The number of unbranched alkanes of at least 4 members (excludes halogenated alkanes) is 2. The minimum Gasteiger partial charge on any atom is -0.391 e. The van der Waals surface area contributed by atoms with E-state index in [1.54, 1.807) is 84.9 Å². The monoisotopic (exact) mass is 1130 g/mol. The van der Waals surface area contributed by atoms with E-state index < -0.39 is 108 Å². The maximum atomic E-state index is 14.7. The highest BCUT2D eigenvalue weighted by Gasteiger charge is 2.36. The second-order valence-corrected chi connectivity index (χ2v) is 21.8. The number of aliphatic hydroxyl groups is 1. The number of carbonyl (C=O) groups excluding carboxylic acids is 9. The van der Waals surface area contributed by atoms with E-state index in [2.05, 4.69) is 37.2 Å². The van der Waals surface area contributed by atoms with Crippen LogP contribution in [-0.2, 0) is 64.0 Å². The smallest absolute Gasteiger partial charge is 0.248 e. The zero-order chi connectivity index (χ0) is 56.7. The Kier molecular flexibility index (Phi) is 24.9. The second-order valence-electron chi connectivity index (χ2n) is 18.8. The highest BCUT2D eigenvalue weighted by molar-refractivity contribution is 8.76. The van der Waals surface area contributed by atoms with Crippen LogP contribution in [0.1, 0.15) is 65.2 Å². The molecule has 16 N–H and O–H groups in total. The topological polar surface area (TPSA) is 362 Å². The number of aliphatic hydroxyl groups excluding tert-OH is 1. The normalized spacial score (nSPS) is 21.2. The molecule has 9 amide bonds. The average molecular weight is 1130 g/mol. The van der Waals surface area contributed by atoms with Crippen LogP contribution in [0, 0.1) is 0 Å². The Morgan fingerprint density at radius 3 is 1.74 bits per heavy atom. The lowest BCUT2D eigenvalue weighted by Crippen LogP contribution is -2.62. The lowest BCUT2D eigenvalue weighted by Gasteiger charge is -2.29. The van der Waals surface area contributed by atoms with Crippen molar-refractivity contribution in [3.63, 3.8) is 0 Å². The summed E-state index contributed by atoms with van der Waals surface area (Å²) >= 11 is 6.08. The summed E-state index contributed by atoms with van der Waals surface area (Å²) in [6.07, 6.45) is -0.320. The van der Waals surface area contributed by atoms with E-state index in [4.69, 9.17) is 34.5 Å². The SMILES string of the molecule is C[C@@H](O)[C@@H]1NC(=O)[C@H](CCCCCN)NC(=O)[C@@H](Cc2ccc(C(N)=O)cc2)NC(=O)[C@H](Cc2ccccc2)NC(=O)[C@H](NC(=O)[C@@H](N)Cc2ccc(Cl)cc2)CSSC[C@@H](C(=O)NC(Cc2ccccc2)C(N)=O)NC1=O. The largest absolute Gasteiger partial charge is 0.391 e. The van der Waals surface area contributed by atoms with Crippen molar-refractivity contribution in [2.75, 3.05) is 18.1 Å². The highest BCUT2D eigenvalue weighted by Crippen LogP contribution is 2.24. The molecule has 418 valence electrons. The predicted octanol–water partition coefficient (Wildman–Crippen LogP) is 0.211. The molecule has 1 unspecified atom stereocenters.